The summed E-state index contributed by atoms with van der Waals surface area (Å²) >= 11 is 0. The van der Waals surface area contributed by atoms with E-state index in [9.17, 15) is 4.79 Å². The lowest BCUT2D eigenvalue weighted by Gasteiger charge is -2.21. The summed E-state index contributed by atoms with van der Waals surface area (Å²) in [4.78, 5) is 11.5. The second-order valence-corrected chi connectivity index (χ2v) is 4.80. The van der Waals surface area contributed by atoms with E-state index >= 15 is 0 Å². The second kappa shape index (κ2) is 2.95. The molecule has 15 heavy (non-hydrogen) atoms. The van der Waals surface area contributed by atoms with Crippen LogP contribution in [0.2, 0.25) is 0 Å². The van der Waals surface area contributed by atoms with Crippen molar-refractivity contribution in [2.75, 3.05) is 0 Å². The molecule has 0 saturated heterocycles. The van der Waals surface area contributed by atoms with Crippen LogP contribution in [-0.2, 0) is 5.41 Å². The monoisotopic (exact) mass is 205 g/mol. The molecule has 4 heteroatoms. The Morgan fingerprint density at radius 1 is 1.33 bits per heavy atom. The van der Waals surface area contributed by atoms with Gasteiger partial charge in [-0.2, -0.15) is 5.10 Å². The van der Waals surface area contributed by atoms with E-state index in [0.29, 0.717) is 5.65 Å². The minimum atomic E-state index is -0.173. The smallest absolute Gasteiger partial charge is 0.247 e. The van der Waals surface area contributed by atoms with Gasteiger partial charge in [0, 0.05) is 5.69 Å². The molecule has 80 valence electrons. The number of aromatic amines is 1. The Labute approximate surface area is 87.9 Å². The lowest BCUT2D eigenvalue weighted by molar-refractivity contribution is 0.580. The van der Waals surface area contributed by atoms with Crippen molar-refractivity contribution in [2.24, 2.45) is 0 Å². The number of hydrogen-bond donors (Lipinski definition) is 1. The van der Waals surface area contributed by atoms with Crippen LogP contribution in [0.15, 0.2) is 16.9 Å². The molecule has 1 N–H and O–H groups in total. The molecule has 2 aromatic heterocycles. The fourth-order valence-corrected chi connectivity index (χ4v) is 1.94. The number of fused-ring (bicyclic) bond motifs is 1. The average molecular weight is 205 g/mol. The minimum absolute atomic E-state index is 0.0367. The first kappa shape index (κ1) is 9.96. The summed E-state index contributed by atoms with van der Waals surface area (Å²) < 4.78 is 1.61. The Hall–Kier alpha value is -1.58. The first-order valence-corrected chi connectivity index (χ1v) is 4.98. The molecular weight excluding hydrogens is 190 g/mol. The highest BCUT2D eigenvalue weighted by molar-refractivity contribution is 5.43. The van der Waals surface area contributed by atoms with E-state index in [4.69, 9.17) is 0 Å². The highest BCUT2D eigenvalue weighted by atomic mass is 16.1. The summed E-state index contributed by atoms with van der Waals surface area (Å²) in [6, 6.07) is 3.90. The van der Waals surface area contributed by atoms with Crippen molar-refractivity contribution in [3.05, 3.63) is 33.9 Å². The number of H-pyrrole nitrogens is 1. The Kier molecular flexibility index (Phi) is 1.96. The summed E-state index contributed by atoms with van der Waals surface area (Å²) in [5.74, 6) is 0. The van der Waals surface area contributed by atoms with Crippen LogP contribution in [0.4, 0.5) is 0 Å². The maximum Gasteiger partial charge on any atom is 0.347 e. The van der Waals surface area contributed by atoms with E-state index in [1.54, 1.807) is 4.40 Å². The maximum absolute atomic E-state index is 11.5. The Morgan fingerprint density at radius 2 is 2.00 bits per heavy atom. The van der Waals surface area contributed by atoms with E-state index in [1.165, 1.54) is 5.56 Å². The molecule has 4 nitrogen and oxygen atoms in total. The lowest BCUT2D eigenvalue weighted by Crippen LogP contribution is -2.19. The third-order valence-corrected chi connectivity index (χ3v) is 2.63. The van der Waals surface area contributed by atoms with Crippen LogP contribution in [0, 0.1) is 6.92 Å². The third-order valence-electron chi connectivity index (χ3n) is 2.63. The van der Waals surface area contributed by atoms with Gasteiger partial charge in [-0.3, -0.25) is 0 Å². The van der Waals surface area contributed by atoms with E-state index in [-0.39, 0.29) is 11.1 Å². The molecule has 2 heterocycles. The van der Waals surface area contributed by atoms with Gasteiger partial charge in [0.05, 0.1) is 0 Å². The zero-order chi connectivity index (χ0) is 11.2. The number of aryl methyl sites for hydroxylation is 1. The molecule has 0 aliphatic rings. The van der Waals surface area contributed by atoms with Gasteiger partial charge in [0.2, 0.25) is 0 Å². The number of pyridine rings is 1. The van der Waals surface area contributed by atoms with Crippen LogP contribution in [-0.4, -0.2) is 14.6 Å². The number of hydrogen-bond acceptors (Lipinski definition) is 2. The highest BCUT2D eigenvalue weighted by Gasteiger charge is 2.18. The highest BCUT2D eigenvalue weighted by Crippen LogP contribution is 2.25. The molecule has 0 aliphatic carbocycles. The van der Waals surface area contributed by atoms with Crippen molar-refractivity contribution in [2.45, 2.75) is 33.1 Å². The van der Waals surface area contributed by atoms with Gasteiger partial charge in [-0.15, -0.1) is 0 Å². The summed E-state index contributed by atoms with van der Waals surface area (Å²) in [5.41, 5.74) is 2.66. The first-order valence-electron chi connectivity index (χ1n) is 4.98. The molecule has 0 fully saturated rings. The molecule has 2 aromatic rings. The lowest BCUT2D eigenvalue weighted by atomic mass is 9.86. The van der Waals surface area contributed by atoms with Crippen molar-refractivity contribution < 1.29 is 0 Å². The van der Waals surface area contributed by atoms with Crippen molar-refractivity contribution in [1.29, 1.82) is 0 Å². The second-order valence-electron chi connectivity index (χ2n) is 4.80. The molecule has 0 aliphatic heterocycles. The summed E-state index contributed by atoms with van der Waals surface area (Å²) in [6.45, 7) is 8.34. The van der Waals surface area contributed by atoms with Crippen LogP contribution in [0.25, 0.3) is 5.65 Å². The third kappa shape index (κ3) is 1.46. The van der Waals surface area contributed by atoms with Crippen LogP contribution in [0.5, 0.6) is 0 Å². The van der Waals surface area contributed by atoms with Crippen molar-refractivity contribution in [3.8, 4) is 0 Å². The molecule has 0 radical (unpaired) electrons. The van der Waals surface area contributed by atoms with Gasteiger partial charge in [-0.1, -0.05) is 26.8 Å². The fraction of sp³-hybridized carbons (Fsp3) is 0.455. The predicted molar refractivity (Wildman–Crippen MR) is 59.2 cm³/mol. The van der Waals surface area contributed by atoms with Crippen molar-refractivity contribution in [3.63, 3.8) is 0 Å². The first-order chi connectivity index (χ1) is 6.91. The van der Waals surface area contributed by atoms with E-state index in [1.807, 2.05) is 19.1 Å². The normalized spacial score (nSPS) is 12.3. The topological polar surface area (TPSA) is 50.2 Å². The Balaban J connectivity index is 2.86. The van der Waals surface area contributed by atoms with E-state index in [2.05, 4.69) is 31.0 Å². The molecular formula is C11H15N3O. The van der Waals surface area contributed by atoms with Gasteiger partial charge < -0.3 is 0 Å². The van der Waals surface area contributed by atoms with Gasteiger partial charge in [-0.25, -0.2) is 14.3 Å². The summed E-state index contributed by atoms with van der Waals surface area (Å²) in [7, 11) is 0. The molecule has 2 rings (SSSR count). The average Bonchev–Trinajstić information content (AvgIpc) is 2.46. The van der Waals surface area contributed by atoms with Crippen molar-refractivity contribution >= 4 is 5.65 Å². The largest absolute Gasteiger partial charge is 0.347 e. The van der Waals surface area contributed by atoms with Crippen LogP contribution < -0.4 is 5.69 Å². The number of rotatable bonds is 0. The minimum Gasteiger partial charge on any atom is -0.247 e. The molecule has 0 spiro atoms. The quantitative estimate of drug-likeness (QED) is 0.710. The summed E-state index contributed by atoms with van der Waals surface area (Å²) in [6.07, 6.45) is 0. The van der Waals surface area contributed by atoms with Gasteiger partial charge in [0.1, 0.15) is 0 Å². The standard InChI is InChI=1S/C11H15N3O/c1-7-8(11(2,3)4)5-6-9-12-13-10(15)14(7)9/h5-6H,1-4H3,(H,13,15). The number of aromatic nitrogens is 3. The molecule has 0 bridgehead atoms. The molecule has 0 unspecified atom stereocenters. The SMILES string of the molecule is Cc1c(C(C)(C)C)ccc2n[nH]c(=O)n12. The molecule has 0 atom stereocenters. The zero-order valence-corrected chi connectivity index (χ0v) is 9.46. The summed E-state index contributed by atoms with van der Waals surface area (Å²) in [5, 5.41) is 6.38. The van der Waals surface area contributed by atoms with E-state index < -0.39 is 0 Å². The molecule has 0 saturated carbocycles. The number of nitrogens with one attached hydrogen (secondary N) is 1. The van der Waals surface area contributed by atoms with Gasteiger partial charge >= 0.3 is 5.69 Å². The molecule has 0 amide bonds. The van der Waals surface area contributed by atoms with Gasteiger partial charge in [0.15, 0.2) is 5.65 Å². The van der Waals surface area contributed by atoms with Crippen molar-refractivity contribution in [1.82, 2.24) is 14.6 Å². The fourth-order valence-electron chi connectivity index (χ4n) is 1.94. The number of nitrogens with zero attached hydrogens (tertiary/aromatic N) is 2. The van der Waals surface area contributed by atoms with Crippen LogP contribution in [0.3, 0.4) is 0 Å². The molecule has 0 aromatic carbocycles. The maximum atomic E-state index is 11.5. The Bertz CT molecular complexity index is 557. The van der Waals surface area contributed by atoms with Crippen LogP contribution in [0.1, 0.15) is 32.0 Å². The van der Waals surface area contributed by atoms with Gasteiger partial charge in [-0.05, 0) is 24.0 Å². The zero-order valence-electron chi connectivity index (χ0n) is 9.46. The van der Waals surface area contributed by atoms with E-state index in [0.717, 1.165) is 5.69 Å². The Morgan fingerprint density at radius 3 is 2.60 bits per heavy atom. The predicted octanol–water partition coefficient (Wildman–Crippen LogP) is 1.63. The van der Waals surface area contributed by atoms with Crippen LogP contribution >= 0.6 is 0 Å². The van der Waals surface area contributed by atoms with Gasteiger partial charge in [0.25, 0.3) is 0 Å².